The maximum absolute atomic E-state index is 12.1. The summed E-state index contributed by atoms with van der Waals surface area (Å²) in [6.07, 6.45) is -4.86. The largest absolute Gasteiger partial charge is 0.573 e. The second-order valence-electron chi connectivity index (χ2n) is 2.87. The van der Waals surface area contributed by atoms with Crippen LogP contribution in [0, 0.1) is 0 Å². The molecule has 0 heterocycles. The zero-order chi connectivity index (χ0) is 12.5. The molecule has 7 heteroatoms. The zero-order valence-corrected chi connectivity index (χ0v) is 10.2. The molecule has 16 heavy (non-hydrogen) atoms. The molecule has 1 aromatic carbocycles. The molecule has 0 aliphatic carbocycles. The van der Waals surface area contributed by atoms with Gasteiger partial charge in [-0.2, -0.15) is 0 Å². The molecule has 0 aliphatic rings. The Bertz CT molecular complexity index is 431. The van der Waals surface area contributed by atoms with Gasteiger partial charge in [-0.15, -0.1) is 13.2 Å². The van der Waals surface area contributed by atoms with Crippen LogP contribution in [0.2, 0.25) is 5.02 Å². The molecule has 2 nitrogen and oxygen atoms in total. The minimum absolute atomic E-state index is 0.0254. The van der Waals surface area contributed by atoms with E-state index in [4.69, 9.17) is 11.6 Å². The number of rotatable bonds is 2. The molecule has 0 radical (unpaired) electrons. The number of ether oxygens (including phenoxy) is 1. The summed E-state index contributed by atoms with van der Waals surface area (Å²) in [6, 6.07) is 2.34. The highest BCUT2D eigenvalue weighted by atomic mass is 79.9. The van der Waals surface area contributed by atoms with Crippen molar-refractivity contribution in [2.45, 2.75) is 13.3 Å². The van der Waals surface area contributed by atoms with E-state index in [2.05, 4.69) is 20.7 Å². The van der Waals surface area contributed by atoms with Crippen molar-refractivity contribution < 1.29 is 22.7 Å². The topological polar surface area (TPSA) is 26.3 Å². The third-order valence-corrected chi connectivity index (χ3v) is 2.41. The molecule has 0 atom stereocenters. The van der Waals surface area contributed by atoms with Gasteiger partial charge in [0.1, 0.15) is 0 Å². The van der Waals surface area contributed by atoms with Crippen LogP contribution in [0.25, 0.3) is 0 Å². The Labute approximate surface area is 102 Å². The number of ketones is 1. The predicted octanol–water partition coefficient (Wildman–Crippen LogP) is 4.20. The van der Waals surface area contributed by atoms with E-state index < -0.39 is 17.9 Å². The molecule has 0 aliphatic heterocycles. The SMILES string of the molecule is CC(=O)c1cc(Cl)cc(Br)c1OC(F)(F)F. The zero-order valence-electron chi connectivity index (χ0n) is 7.86. The first-order valence-electron chi connectivity index (χ1n) is 3.96. The first-order chi connectivity index (χ1) is 7.20. The lowest BCUT2D eigenvalue weighted by Crippen LogP contribution is -2.19. The fraction of sp³-hybridized carbons (Fsp3) is 0.222. The number of Topliss-reactive ketones (excluding diaryl/α,β-unsaturated/α-hetero) is 1. The van der Waals surface area contributed by atoms with Gasteiger partial charge in [0.25, 0.3) is 0 Å². The van der Waals surface area contributed by atoms with Gasteiger partial charge in [-0.1, -0.05) is 11.6 Å². The smallest absolute Gasteiger partial charge is 0.404 e. The van der Waals surface area contributed by atoms with E-state index in [0.29, 0.717) is 0 Å². The minimum atomic E-state index is -4.86. The highest BCUT2D eigenvalue weighted by molar-refractivity contribution is 9.10. The van der Waals surface area contributed by atoms with Crippen molar-refractivity contribution in [2.75, 3.05) is 0 Å². The summed E-state index contributed by atoms with van der Waals surface area (Å²) in [5.74, 6) is -1.15. The van der Waals surface area contributed by atoms with Crippen molar-refractivity contribution in [3.8, 4) is 5.75 Å². The van der Waals surface area contributed by atoms with Gasteiger partial charge in [-0.05, 0) is 35.0 Å². The molecule has 88 valence electrons. The Morgan fingerprint density at radius 2 is 2.00 bits per heavy atom. The van der Waals surface area contributed by atoms with Gasteiger partial charge in [-0.25, -0.2) is 0 Å². The average Bonchev–Trinajstić information content (AvgIpc) is 2.07. The van der Waals surface area contributed by atoms with E-state index in [9.17, 15) is 18.0 Å². The molecule has 1 aromatic rings. The molecule has 0 N–H and O–H groups in total. The molecule has 0 saturated heterocycles. The van der Waals surface area contributed by atoms with Crippen LogP contribution in [0.4, 0.5) is 13.2 Å². The summed E-state index contributed by atoms with van der Waals surface area (Å²) in [5, 5.41) is 0.145. The van der Waals surface area contributed by atoms with E-state index in [0.717, 1.165) is 13.0 Å². The second kappa shape index (κ2) is 4.63. The first kappa shape index (κ1) is 13.3. The molecule has 0 bridgehead atoms. The third kappa shape index (κ3) is 3.38. The monoisotopic (exact) mass is 316 g/mol. The van der Waals surface area contributed by atoms with Crippen LogP contribution in [0.3, 0.4) is 0 Å². The standard InChI is InChI=1S/C9H5BrClF3O2/c1-4(15)6-2-5(11)3-7(10)8(6)16-9(12,13)14/h2-3H,1H3. The number of halogens is 5. The number of carbonyl (C=O) groups is 1. The first-order valence-corrected chi connectivity index (χ1v) is 5.13. The molecule has 0 unspecified atom stereocenters. The number of benzene rings is 1. The second-order valence-corrected chi connectivity index (χ2v) is 4.16. The number of alkyl halides is 3. The minimum Gasteiger partial charge on any atom is -0.404 e. The van der Waals surface area contributed by atoms with Crippen molar-refractivity contribution in [2.24, 2.45) is 0 Å². The third-order valence-electron chi connectivity index (χ3n) is 1.61. The molecule has 0 aromatic heterocycles. The lowest BCUT2D eigenvalue weighted by Gasteiger charge is -2.13. The molecule has 0 spiro atoms. The van der Waals surface area contributed by atoms with Crippen molar-refractivity contribution >= 4 is 33.3 Å². The van der Waals surface area contributed by atoms with E-state index in [-0.39, 0.29) is 15.1 Å². The van der Waals surface area contributed by atoms with Gasteiger partial charge in [-0.3, -0.25) is 4.79 Å². The number of carbonyl (C=O) groups excluding carboxylic acids is 1. The van der Waals surface area contributed by atoms with Crippen molar-refractivity contribution in [3.63, 3.8) is 0 Å². The molecule has 1 rings (SSSR count). The summed E-state index contributed by atoms with van der Waals surface area (Å²) in [5.41, 5.74) is -0.225. The maximum atomic E-state index is 12.1. The number of hydrogen-bond donors (Lipinski definition) is 0. The van der Waals surface area contributed by atoms with Crippen molar-refractivity contribution in [3.05, 3.63) is 27.2 Å². The summed E-state index contributed by atoms with van der Waals surface area (Å²) in [6.45, 7) is 1.13. The van der Waals surface area contributed by atoms with Crippen LogP contribution in [-0.2, 0) is 0 Å². The van der Waals surface area contributed by atoms with Crippen LogP contribution in [0.1, 0.15) is 17.3 Å². The average molecular weight is 317 g/mol. The Kier molecular flexibility index (Phi) is 3.85. The quantitative estimate of drug-likeness (QED) is 0.764. The predicted molar refractivity (Wildman–Crippen MR) is 55.8 cm³/mol. The highest BCUT2D eigenvalue weighted by Crippen LogP contribution is 2.36. The van der Waals surface area contributed by atoms with Crippen LogP contribution >= 0.6 is 27.5 Å². The maximum Gasteiger partial charge on any atom is 0.573 e. The molecular weight excluding hydrogens is 312 g/mol. The van der Waals surface area contributed by atoms with Crippen LogP contribution < -0.4 is 4.74 Å². The Hall–Kier alpha value is -0.750. The summed E-state index contributed by atoms with van der Waals surface area (Å²) in [7, 11) is 0. The fourth-order valence-electron chi connectivity index (χ4n) is 1.04. The molecule has 0 fully saturated rings. The summed E-state index contributed by atoms with van der Waals surface area (Å²) < 4.78 is 40.0. The Balaban J connectivity index is 3.30. The van der Waals surface area contributed by atoms with Crippen LogP contribution in [0.5, 0.6) is 5.75 Å². The van der Waals surface area contributed by atoms with Gasteiger partial charge >= 0.3 is 6.36 Å². The van der Waals surface area contributed by atoms with Crippen LogP contribution in [-0.4, -0.2) is 12.1 Å². The lowest BCUT2D eigenvalue weighted by atomic mass is 10.1. The Morgan fingerprint density at radius 1 is 1.44 bits per heavy atom. The van der Waals surface area contributed by atoms with Gasteiger partial charge in [0.15, 0.2) is 11.5 Å². The van der Waals surface area contributed by atoms with E-state index in [1.165, 1.54) is 6.07 Å². The summed E-state index contributed by atoms with van der Waals surface area (Å²) >= 11 is 8.48. The molecule has 0 saturated carbocycles. The normalized spacial score (nSPS) is 11.4. The number of hydrogen-bond acceptors (Lipinski definition) is 2. The fourth-order valence-corrected chi connectivity index (χ4v) is 1.93. The molecule has 0 amide bonds. The molecular formula is C9H5BrClF3O2. The van der Waals surface area contributed by atoms with Gasteiger partial charge in [0.2, 0.25) is 0 Å². The summed E-state index contributed by atoms with van der Waals surface area (Å²) in [4.78, 5) is 11.1. The van der Waals surface area contributed by atoms with Crippen molar-refractivity contribution in [1.29, 1.82) is 0 Å². The van der Waals surface area contributed by atoms with Crippen molar-refractivity contribution in [1.82, 2.24) is 0 Å². The van der Waals surface area contributed by atoms with Gasteiger partial charge in [0, 0.05) is 5.02 Å². The Morgan fingerprint density at radius 3 is 2.44 bits per heavy atom. The van der Waals surface area contributed by atoms with Crippen LogP contribution in [0.15, 0.2) is 16.6 Å². The highest BCUT2D eigenvalue weighted by Gasteiger charge is 2.33. The van der Waals surface area contributed by atoms with E-state index in [1.807, 2.05) is 0 Å². The van der Waals surface area contributed by atoms with E-state index >= 15 is 0 Å². The van der Waals surface area contributed by atoms with Gasteiger partial charge in [0.05, 0.1) is 10.0 Å². The van der Waals surface area contributed by atoms with E-state index in [1.54, 1.807) is 0 Å². The van der Waals surface area contributed by atoms with Gasteiger partial charge < -0.3 is 4.74 Å². The lowest BCUT2D eigenvalue weighted by molar-refractivity contribution is -0.275.